The quantitative estimate of drug-likeness (QED) is 0.549. The average Bonchev–Trinajstić information content (AvgIpc) is 2.78. The van der Waals surface area contributed by atoms with E-state index in [1.165, 1.54) is 5.56 Å². The van der Waals surface area contributed by atoms with Gasteiger partial charge >= 0.3 is 0 Å². The van der Waals surface area contributed by atoms with E-state index in [1.54, 1.807) is 48.5 Å². The molecule has 0 bridgehead atoms. The van der Waals surface area contributed by atoms with Gasteiger partial charge in [0.2, 0.25) is 10.0 Å². The summed E-state index contributed by atoms with van der Waals surface area (Å²) in [5, 5.41) is 6.22. The molecule has 2 atom stereocenters. The lowest BCUT2D eigenvalue weighted by atomic mass is 10.1. The fraction of sp³-hybridized carbons (Fsp3) is 0.208. The number of amides is 1. The summed E-state index contributed by atoms with van der Waals surface area (Å²) in [6, 6.07) is 23.9. The van der Waals surface area contributed by atoms with Gasteiger partial charge in [0.15, 0.2) is 0 Å². The average molecular weight is 436 g/mol. The number of fused-ring (bicyclic) bond motifs is 1. The van der Waals surface area contributed by atoms with E-state index in [-0.39, 0.29) is 16.8 Å². The van der Waals surface area contributed by atoms with E-state index in [1.807, 2.05) is 25.1 Å². The van der Waals surface area contributed by atoms with E-state index in [2.05, 4.69) is 27.5 Å². The molecule has 0 saturated heterocycles. The van der Waals surface area contributed by atoms with Crippen LogP contribution in [0.5, 0.6) is 0 Å². The molecule has 31 heavy (non-hydrogen) atoms. The van der Waals surface area contributed by atoms with Gasteiger partial charge in [-0.1, -0.05) is 54.6 Å². The van der Waals surface area contributed by atoms with Crippen LogP contribution in [0.15, 0.2) is 83.8 Å². The molecule has 0 fully saturated rings. The molecule has 0 aliphatic carbocycles. The summed E-state index contributed by atoms with van der Waals surface area (Å²) < 4.78 is 27.6. The summed E-state index contributed by atoms with van der Waals surface area (Å²) in [6.07, 6.45) is 1.15. The first-order valence-corrected chi connectivity index (χ1v) is 11.7. The maximum Gasteiger partial charge on any atom is 0.251 e. The van der Waals surface area contributed by atoms with Gasteiger partial charge in [-0.25, -0.2) is 8.42 Å². The van der Waals surface area contributed by atoms with Crippen molar-refractivity contribution in [1.82, 2.24) is 10.0 Å². The minimum Gasteiger partial charge on any atom is -0.364 e. The molecule has 7 heteroatoms. The lowest BCUT2D eigenvalue weighted by Crippen LogP contribution is -2.38. The number of sulfonamides is 1. The first-order valence-electron chi connectivity index (χ1n) is 10.2. The normalized spacial score (nSPS) is 17.8. The topological polar surface area (TPSA) is 87.3 Å². The van der Waals surface area contributed by atoms with Gasteiger partial charge in [0.25, 0.3) is 5.91 Å². The molecule has 3 aromatic rings. The summed E-state index contributed by atoms with van der Waals surface area (Å²) in [6.45, 7) is 1.99. The number of hydrogen-bond donors (Lipinski definition) is 3. The zero-order chi connectivity index (χ0) is 21.8. The highest BCUT2D eigenvalue weighted by Crippen LogP contribution is 2.30. The van der Waals surface area contributed by atoms with Crippen molar-refractivity contribution in [2.24, 2.45) is 0 Å². The third kappa shape index (κ3) is 4.95. The molecular formula is C24H25N3O3S. The smallest absolute Gasteiger partial charge is 0.251 e. The molecule has 1 aliphatic heterocycles. The molecule has 1 heterocycles. The van der Waals surface area contributed by atoms with Crippen molar-refractivity contribution in [2.75, 3.05) is 5.32 Å². The van der Waals surface area contributed by atoms with Crippen LogP contribution in [0.4, 0.5) is 5.69 Å². The lowest BCUT2D eigenvalue weighted by molar-refractivity contribution is 0.0938. The van der Waals surface area contributed by atoms with Crippen LogP contribution < -0.4 is 15.4 Å². The van der Waals surface area contributed by atoms with Gasteiger partial charge in [-0.05, 0) is 55.2 Å². The summed E-state index contributed by atoms with van der Waals surface area (Å²) in [7, 11) is -3.60. The maximum absolute atomic E-state index is 12.6. The van der Waals surface area contributed by atoms with Crippen molar-refractivity contribution in [3.05, 3.63) is 95.6 Å². The van der Waals surface area contributed by atoms with E-state index >= 15 is 0 Å². The number of carbonyl (C=O) groups is 1. The molecule has 3 aromatic carbocycles. The van der Waals surface area contributed by atoms with Gasteiger partial charge in [-0.3, -0.25) is 4.79 Å². The van der Waals surface area contributed by atoms with Crippen LogP contribution in [-0.2, 0) is 16.4 Å². The van der Waals surface area contributed by atoms with Gasteiger partial charge in [-0.15, -0.1) is 0 Å². The fourth-order valence-corrected chi connectivity index (χ4v) is 4.92. The van der Waals surface area contributed by atoms with E-state index in [0.29, 0.717) is 11.3 Å². The predicted octanol–water partition coefficient (Wildman–Crippen LogP) is 3.84. The number of anilines is 1. The van der Waals surface area contributed by atoms with Crippen molar-refractivity contribution in [3.8, 4) is 0 Å². The van der Waals surface area contributed by atoms with Crippen molar-refractivity contribution < 1.29 is 13.2 Å². The van der Waals surface area contributed by atoms with Crippen molar-refractivity contribution in [2.45, 2.75) is 36.9 Å². The third-order valence-corrected chi connectivity index (χ3v) is 6.82. The van der Waals surface area contributed by atoms with E-state index in [9.17, 15) is 13.2 Å². The summed E-state index contributed by atoms with van der Waals surface area (Å²) >= 11 is 0. The number of benzene rings is 3. The Balaban J connectivity index is 1.38. The van der Waals surface area contributed by atoms with Crippen LogP contribution in [0.2, 0.25) is 0 Å². The molecule has 1 amide bonds. The van der Waals surface area contributed by atoms with Crippen LogP contribution in [0.25, 0.3) is 0 Å². The zero-order valence-corrected chi connectivity index (χ0v) is 18.0. The van der Waals surface area contributed by atoms with Gasteiger partial charge in [0, 0.05) is 11.6 Å². The Labute approximate surface area is 182 Å². The van der Waals surface area contributed by atoms with Crippen LogP contribution >= 0.6 is 0 Å². The van der Waals surface area contributed by atoms with Gasteiger partial charge in [0.1, 0.15) is 11.1 Å². The number of para-hydroxylation sites is 1. The van der Waals surface area contributed by atoms with Crippen LogP contribution in [-0.4, -0.2) is 20.4 Å². The Morgan fingerprint density at radius 3 is 2.39 bits per heavy atom. The number of hydrogen-bond acceptors (Lipinski definition) is 4. The Kier molecular flexibility index (Phi) is 6.06. The Bertz CT molecular complexity index is 1160. The second-order valence-electron chi connectivity index (χ2n) is 7.72. The largest absolute Gasteiger partial charge is 0.364 e. The van der Waals surface area contributed by atoms with Gasteiger partial charge in [-0.2, -0.15) is 4.72 Å². The predicted molar refractivity (Wildman–Crippen MR) is 121 cm³/mol. The van der Waals surface area contributed by atoms with Crippen molar-refractivity contribution in [1.29, 1.82) is 0 Å². The molecule has 3 N–H and O–H groups in total. The monoisotopic (exact) mass is 435 g/mol. The highest BCUT2D eigenvalue weighted by molar-refractivity contribution is 7.89. The molecule has 160 valence electrons. The Morgan fingerprint density at radius 2 is 1.65 bits per heavy atom. The van der Waals surface area contributed by atoms with Crippen LogP contribution in [0.3, 0.4) is 0 Å². The minimum atomic E-state index is -3.60. The first kappa shape index (κ1) is 21.1. The summed E-state index contributed by atoms with van der Waals surface area (Å²) in [5.41, 5.74) is 3.07. The standard InChI is InChI=1S/C24H25N3O3S/c1-17(11-12-18-7-3-2-4-8-18)25-24(28)20-15-13-19(14-16-20)23-26-21-9-5-6-10-22(21)31(29,30)27-23/h2-10,13-17,23,26-27H,11-12H2,1H3,(H,25,28)/t17-,23-/m0/s1. The summed E-state index contributed by atoms with van der Waals surface area (Å²) in [4.78, 5) is 12.8. The van der Waals surface area contributed by atoms with E-state index in [4.69, 9.17) is 0 Å². The van der Waals surface area contributed by atoms with Crippen LogP contribution in [0.1, 0.15) is 41.0 Å². The number of nitrogens with one attached hydrogen (secondary N) is 3. The molecule has 0 saturated carbocycles. The third-order valence-electron chi connectivity index (χ3n) is 5.34. The number of rotatable bonds is 6. The van der Waals surface area contributed by atoms with Crippen molar-refractivity contribution >= 4 is 21.6 Å². The van der Waals surface area contributed by atoms with Gasteiger partial charge < -0.3 is 10.6 Å². The Hall–Kier alpha value is -3.16. The van der Waals surface area contributed by atoms with Gasteiger partial charge in [0.05, 0.1) is 5.69 Å². The SMILES string of the molecule is C[C@@H](CCc1ccccc1)NC(=O)c1ccc([C@H]2Nc3ccccc3S(=O)(=O)N2)cc1. The van der Waals surface area contributed by atoms with Crippen molar-refractivity contribution in [3.63, 3.8) is 0 Å². The highest BCUT2D eigenvalue weighted by atomic mass is 32.2. The van der Waals surface area contributed by atoms with E-state index in [0.717, 1.165) is 18.4 Å². The zero-order valence-electron chi connectivity index (χ0n) is 17.2. The van der Waals surface area contributed by atoms with E-state index < -0.39 is 16.2 Å². The second kappa shape index (κ2) is 8.91. The molecule has 0 radical (unpaired) electrons. The molecule has 0 spiro atoms. The lowest BCUT2D eigenvalue weighted by Gasteiger charge is -2.28. The summed E-state index contributed by atoms with van der Waals surface area (Å²) in [5.74, 6) is -0.144. The molecule has 0 unspecified atom stereocenters. The molecule has 4 rings (SSSR count). The minimum absolute atomic E-state index is 0.0377. The molecule has 1 aliphatic rings. The highest BCUT2D eigenvalue weighted by Gasteiger charge is 2.29. The Morgan fingerprint density at radius 1 is 0.968 bits per heavy atom. The molecular weight excluding hydrogens is 410 g/mol. The second-order valence-corrected chi connectivity index (χ2v) is 9.40. The fourth-order valence-electron chi connectivity index (χ4n) is 3.61. The maximum atomic E-state index is 12.6. The molecule has 0 aromatic heterocycles. The van der Waals surface area contributed by atoms with Crippen LogP contribution in [0, 0.1) is 0 Å². The first-order chi connectivity index (χ1) is 14.9. The molecule has 6 nitrogen and oxygen atoms in total. The number of carbonyl (C=O) groups excluding carboxylic acids is 1. The number of aryl methyl sites for hydroxylation is 1.